The van der Waals surface area contributed by atoms with E-state index in [0.29, 0.717) is 12.0 Å². The average Bonchev–Trinajstić information content (AvgIpc) is 3.10. The fraction of sp³-hybridized carbons (Fsp3) is 0.333. The summed E-state index contributed by atoms with van der Waals surface area (Å²) in [5, 5.41) is 0. The van der Waals surface area contributed by atoms with Crippen molar-refractivity contribution in [2.24, 2.45) is 5.92 Å². The van der Waals surface area contributed by atoms with Crippen LogP contribution in [0.15, 0.2) is 47.6 Å². The normalized spacial score (nSPS) is 30.9. The summed E-state index contributed by atoms with van der Waals surface area (Å²) in [7, 11) is 0. The molecule has 1 fully saturated rings. The lowest BCUT2D eigenvalue weighted by Gasteiger charge is -2.08. The van der Waals surface area contributed by atoms with Gasteiger partial charge < -0.3 is 9.47 Å². The van der Waals surface area contributed by atoms with Crippen molar-refractivity contribution in [3.63, 3.8) is 0 Å². The van der Waals surface area contributed by atoms with Crippen LogP contribution in [0.2, 0.25) is 0 Å². The fourth-order valence-electron chi connectivity index (χ4n) is 3.52. The number of rotatable bonds is 2. The van der Waals surface area contributed by atoms with Gasteiger partial charge in [-0.25, -0.2) is 9.59 Å². The van der Waals surface area contributed by atoms with Gasteiger partial charge in [-0.1, -0.05) is 30.3 Å². The molecule has 2 aliphatic heterocycles. The van der Waals surface area contributed by atoms with E-state index >= 15 is 0 Å². The summed E-state index contributed by atoms with van der Waals surface area (Å²) in [5.74, 6) is -0.426. The molecule has 3 atom stereocenters. The first-order chi connectivity index (χ1) is 10.6. The zero-order chi connectivity index (χ0) is 15.3. The van der Waals surface area contributed by atoms with Gasteiger partial charge in [0.1, 0.15) is 12.2 Å². The molecule has 0 aromatic heterocycles. The number of ether oxygens (including phenoxy) is 2. The maximum absolute atomic E-state index is 12.1. The lowest BCUT2D eigenvalue weighted by Crippen LogP contribution is -2.09. The van der Waals surface area contributed by atoms with Crippen molar-refractivity contribution >= 4 is 11.9 Å². The number of fused-ring (bicyclic) bond motifs is 3. The lowest BCUT2D eigenvalue weighted by atomic mass is 9.95. The van der Waals surface area contributed by atoms with Crippen molar-refractivity contribution in [3.8, 4) is 0 Å². The van der Waals surface area contributed by atoms with Crippen molar-refractivity contribution < 1.29 is 19.1 Å². The Balaban J connectivity index is 1.55. The van der Waals surface area contributed by atoms with Gasteiger partial charge in [-0.2, -0.15) is 0 Å². The van der Waals surface area contributed by atoms with Gasteiger partial charge in [0.15, 0.2) is 0 Å². The van der Waals surface area contributed by atoms with Crippen LogP contribution in [0.1, 0.15) is 30.6 Å². The van der Waals surface area contributed by atoms with E-state index in [1.807, 2.05) is 24.3 Å². The van der Waals surface area contributed by atoms with E-state index < -0.39 is 0 Å². The van der Waals surface area contributed by atoms with Gasteiger partial charge in [-0.3, -0.25) is 0 Å². The summed E-state index contributed by atoms with van der Waals surface area (Å²) in [4.78, 5) is 23.5. The quantitative estimate of drug-likeness (QED) is 0.622. The molecule has 0 spiro atoms. The molecule has 4 heteroatoms. The first-order valence-corrected chi connectivity index (χ1v) is 7.51. The Kier molecular flexibility index (Phi) is 2.93. The molecule has 1 aromatic carbocycles. The second kappa shape index (κ2) is 4.83. The number of carbonyl (C=O) groups excluding carboxylic acids is 2. The molecule has 0 radical (unpaired) electrons. The van der Waals surface area contributed by atoms with Crippen LogP contribution in [0.4, 0.5) is 0 Å². The maximum atomic E-state index is 12.1. The number of cyclic esters (lactones) is 1. The van der Waals surface area contributed by atoms with Crippen molar-refractivity contribution in [1.82, 2.24) is 0 Å². The molecule has 0 saturated carbocycles. The molecule has 0 N–H and O–H groups in total. The van der Waals surface area contributed by atoms with Gasteiger partial charge in [-0.15, -0.1) is 0 Å². The number of esters is 2. The predicted molar refractivity (Wildman–Crippen MR) is 78.8 cm³/mol. The molecule has 3 unspecified atom stereocenters. The third-order valence-electron chi connectivity index (χ3n) is 4.62. The lowest BCUT2D eigenvalue weighted by molar-refractivity contribution is -0.139. The molecule has 0 amide bonds. The monoisotopic (exact) mass is 296 g/mol. The highest BCUT2D eigenvalue weighted by molar-refractivity contribution is 5.92. The van der Waals surface area contributed by atoms with Crippen LogP contribution in [-0.4, -0.2) is 18.0 Å². The minimum atomic E-state index is -0.274. The second-order valence-electron chi connectivity index (χ2n) is 6.02. The number of hydrogen-bond acceptors (Lipinski definition) is 4. The maximum Gasteiger partial charge on any atom is 0.334 e. The van der Waals surface area contributed by atoms with Crippen LogP contribution in [0.25, 0.3) is 0 Å². The van der Waals surface area contributed by atoms with E-state index in [4.69, 9.17) is 9.47 Å². The molecule has 0 bridgehead atoms. The number of benzene rings is 1. The molecule has 1 saturated heterocycles. The third-order valence-corrected chi connectivity index (χ3v) is 4.62. The highest BCUT2D eigenvalue weighted by Gasteiger charge is 2.45. The molecular formula is C18H16O4. The standard InChI is InChI=1S/C18H16O4/c1-10-8-12(21-17(10)19)6-7-14-15-9-11-4-2-3-5-13(11)16(15)22-18(14)20/h2-5,7-8,12,15-16H,6,9H2,1H3/b14-7+. The largest absolute Gasteiger partial charge is 0.454 e. The summed E-state index contributed by atoms with van der Waals surface area (Å²) in [5.41, 5.74) is 3.71. The van der Waals surface area contributed by atoms with E-state index in [0.717, 1.165) is 17.6 Å². The Morgan fingerprint density at radius 2 is 2.00 bits per heavy atom. The third kappa shape index (κ3) is 1.98. The van der Waals surface area contributed by atoms with Gasteiger partial charge in [0.25, 0.3) is 0 Å². The van der Waals surface area contributed by atoms with Crippen LogP contribution >= 0.6 is 0 Å². The van der Waals surface area contributed by atoms with Gasteiger partial charge in [0.05, 0.1) is 0 Å². The Labute approximate surface area is 128 Å². The predicted octanol–water partition coefficient (Wildman–Crippen LogP) is 2.65. The van der Waals surface area contributed by atoms with E-state index in [2.05, 4.69) is 6.07 Å². The molecule has 3 aliphatic rings. The molecule has 4 rings (SSSR count). The van der Waals surface area contributed by atoms with Crippen LogP contribution in [0.3, 0.4) is 0 Å². The van der Waals surface area contributed by atoms with Crippen LogP contribution < -0.4 is 0 Å². The Morgan fingerprint density at radius 3 is 2.77 bits per heavy atom. The van der Waals surface area contributed by atoms with Crippen molar-refractivity contribution in [3.05, 3.63) is 58.7 Å². The number of hydrogen-bond donors (Lipinski definition) is 0. The molecule has 1 aliphatic carbocycles. The molecule has 2 heterocycles. The number of carbonyl (C=O) groups is 2. The molecule has 22 heavy (non-hydrogen) atoms. The van der Waals surface area contributed by atoms with Gasteiger partial charge in [-0.05, 0) is 30.5 Å². The highest BCUT2D eigenvalue weighted by atomic mass is 16.6. The van der Waals surface area contributed by atoms with Gasteiger partial charge in [0, 0.05) is 23.5 Å². The first kappa shape index (κ1) is 13.3. The van der Waals surface area contributed by atoms with Crippen molar-refractivity contribution in [2.45, 2.75) is 32.0 Å². The minimum absolute atomic E-state index is 0.0899. The first-order valence-electron chi connectivity index (χ1n) is 7.51. The Morgan fingerprint density at radius 1 is 1.18 bits per heavy atom. The molecule has 4 nitrogen and oxygen atoms in total. The van der Waals surface area contributed by atoms with Gasteiger partial charge in [0.2, 0.25) is 0 Å². The summed E-state index contributed by atoms with van der Waals surface area (Å²) in [6, 6.07) is 8.10. The Hall–Kier alpha value is -2.36. The summed E-state index contributed by atoms with van der Waals surface area (Å²) in [6.07, 6.45) is 4.62. The summed E-state index contributed by atoms with van der Waals surface area (Å²) >= 11 is 0. The minimum Gasteiger partial charge on any atom is -0.454 e. The highest BCUT2D eigenvalue weighted by Crippen LogP contribution is 2.47. The van der Waals surface area contributed by atoms with Gasteiger partial charge >= 0.3 is 11.9 Å². The van der Waals surface area contributed by atoms with Crippen LogP contribution in [0, 0.1) is 5.92 Å². The zero-order valence-corrected chi connectivity index (χ0v) is 12.2. The molecule has 112 valence electrons. The average molecular weight is 296 g/mol. The second-order valence-corrected chi connectivity index (χ2v) is 6.02. The summed E-state index contributed by atoms with van der Waals surface area (Å²) < 4.78 is 10.8. The topological polar surface area (TPSA) is 52.6 Å². The molecular weight excluding hydrogens is 280 g/mol. The SMILES string of the molecule is CC1=CC(C/C=C2/C(=O)OC3c4ccccc4CC23)OC1=O. The van der Waals surface area contributed by atoms with E-state index in [1.165, 1.54) is 5.56 Å². The fourth-order valence-corrected chi connectivity index (χ4v) is 3.52. The Bertz CT molecular complexity index is 728. The van der Waals surface area contributed by atoms with Crippen LogP contribution in [-0.2, 0) is 25.5 Å². The van der Waals surface area contributed by atoms with E-state index in [1.54, 1.807) is 13.0 Å². The van der Waals surface area contributed by atoms with Crippen molar-refractivity contribution in [2.75, 3.05) is 0 Å². The summed E-state index contributed by atoms with van der Waals surface area (Å²) in [6.45, 7) is 1.74. The zero-order valence-electron chi connectivity index (χ0n) is 12.2. The van der Waals surface area contributed by atoms with E-state index in [9.17, 15) is 9.59 Å². The molecule has 1 aromatic rings. The van der Waals surface area contributed by atoms with Crippen LogP contribution in [0.5, 0.6) is 0 Å². The van der Waals surface area contributed by atoms with E-state index in [-0.39, 0.29) is 30.1 Å². The van der Waals surface area contributed by atoms with Crippen molar-refractivity contribution in [1.29, 1.82) is 0 Å². The smallest absolute Gasteiger partial charge is 0.334 e.